The maximum Gasteiger partial charge on any atom is 0.126 e. The van der Waals surface area contributed by atoms with E-state index in [0.717, 1.165) is 32.4 Å². The van der Waals surface area contributed by atoms with Gasteiger partial charge in [0, 0.05) is 18.9 Å². The third-order valence-electron chi connectivity index (χ3n) is 4.53. The standard InChI is InChI=1S/C18H25N3/c1-3-9-19-17(18-20-10-11-21(18)4-2)16-12-14-7-5-6-8-15(14)13-16/h5-8,10-11,16-17,19H,3-4,9,12-13H2,1-2H3. The molecule has 112 valence electrons. The Bertz CT molecular complexity index is 563. The van der Waals surface area contributed by atoms with Crippen LogP contribution in [0.2, 0.25) is 0 Å². The second-order valence-electron chi connectivity index (χ2n) is 5.94. The maximum atomic E-state index is 4.65. The van der Waals surface area contributed by atoms with Gasteiger partial charge in [-0.05, 0) is 49.8 Å². The zero-order chi connectivity index (χ0) is 14.7. The number of aryl methyl sites for hydroxylation is 1. The van der Waals surface area contributed by atoms with E-state index in [1.807, 2.05) is 6.20 Å². The van der Waals surface area contributed by atoms with Crippen LogP contribution in [0.25, 0.3) is 0 Å². The Balaban J connectivity index is 1.84. The molecular formula is C18H25N3. The van der Waals surface area contributed by atoms with Crippen LogP contribution in [0.1, 0.15) is 43.3 Å². The highest BCUT2D eigenvalue weighted by Crippen LogP contribution is 2.34. The van der Waals surface area contributed by atoms with E-state index in [1.54, 1.807) is 0 Å². The van der Waals surface area contributed by atoms with Gasteiger partial charge in [-0.3, -0.25) is 0 Å². The molecule has 0 spiro atoms. The van der Waals surface area contributed by atoms with Gasteiger partial charge in [0.05, 0.1) is 6.04 Å². The van der Waals surface area contributed by atoms with Crippen molar-refractivity contribution in [2.24, 2.45) is 5.92 Å². The molecule has 3 heteroatoms. The van der Waals surface area contributed by atoms with E-state index in [4.69, 9.17) is 0 Å². The predicted molar refractivity (Wildman–Crippen MR) is 86.3 cm³/mol. The quantitative estimate of drug-likeness (QED) is 0.881. The van der Waals surface area contributed by atoms with Gasteiger partial charge in [0.1, 0.15) is 5.82 Å². The van der Waals surface area contributed by atoms with Crippen LogP contribution in [0, 0.1) is 5.92 Å². The number of hydrogen-bond donors (Lipinski definition) is 1. The number of rotatable bonds is 6. The van der Waals surface area contributed by atoms with Crippen molar-refractivity contribution in [2.45, 2.75) is 45.7 Å². The molecule has 1 aromatic carbocycles. The van der Waals surface area contributed by atoms with E-state index in [1.165, 1.54) is 17.0 Å². The molecule has 1 unspecified atom stereocenters. The second-order valence-corrected chi connectivity index (χ2v) is 5.94. The summed E-state index contributed by atoms with van der Waals surface area (Å²) in [5.41, 5.74) is 3.03. The van der Waals surface area contributed by atoms with Crippen molar-refractivity contribution in [3.05, 3.63) is 53.6 Å². The summed E-state index contributed by atoms with van der Waals surface area (Å²) in [4.78, 5) is 4.65. The molecule has 0 saturated carbocycles. The zero-order valence-corrected chi connectivity index (χ0v) is 13.0. The number of imidazole rings is 1. The molecule has 1 aliphatic rings. The zero-order valence-electron chi connectivity index (χ0n) is 13.0. The molecular weight excluding hydrogens is 258 g/mol. The topological polar surface area (TPSA) is 29.9 Å². The SMILES string of the molecule is CCCNC(c1nccn1CC)C1Cc2ccccc2C1. The fraction of sp³-hybridized carbons (Fsp3) is 0.500. The van der Waals surface area contributed by atoms with Gasteiger partial charge >= 0.3 is 0 Å². The average molecular weight is 283 g/mol. The highest BCUT2D eigenvalue weighted by Gasteiger charge is 2.31. The third kappa shape index (κ3) is 2.88. The van der Waals surface area contributed by atoms with Crippen molar-refractivity contribution in [1.29, 1.82) is 0 Å². The van der Waals surface area contributed by atoms with Crippen LogP contribution in [-0.2, 0) is 19.4 Å². The highest BCUT2D eigenvalue weighted by molar-refractivity contribution is 5.33. The van der Waals surface area contributed by atoms with Crippen LogP contribution in [0.5, 0.6) is 0 Å². The minimum Gasteiger partial charge on any atom is -0.334 e. The molecule has 0 bridgehead atoms. The summed E-state index contributed by atoms with van der Waals surface area (Å²) in [7, 11) is 0. The Kier molecular flexibility index (Phi) is 4.39. The van der Waals surface area contributed by atoms with E-state index in [0.29, 0.717) is 12.0 Å². The van der Waals surface area contributed by atoms with Crippen molar-refractivity contribution < 1.29 is 0 Å². The molecule has 3 nitrogen and oxygen atoms in total. The molecule has 1 aromatic heterocycles. The van der Waals surface area contributed by atoms with Gasteiger partial charge in [0.25, 0.3) is 0 Å². The number of nitrogens with one attached hydrogen (secondary N) is 1. The van der Waals surface area contributed by atoms with Crippen molar-refractivity contribution in [1.82, 2.24) is 14.9 Å². The molecule has 0 fully saturated rings. The Morgan fingerprint density at radius 3 is 2.57 bits per heavy atom. The summed E-state index contributed by atoms with van der Waals surface area (Å²) in [6, 6.07) is 9.22. The number of hydrogen-bond acceptors (Lipinski definition) is 2. The first kappa shape index (κ1) is 14.3. The Morgan fingerprint density at radius 2 is 1.95 bits per heavy atom. The lowest BCUT2D eigenvalue weighted by molar-refractivity contribution is 0.349. The van der Waals surface area contributed by atoms with E-state index >= 15 is 0 Å². The smallest absolute Gasteiger partial charge is 0.126 e. The normalized spacial score (nSPS) is 16.1. The molecule has 0 amide bonds. The average Bonchev–Trinajstić information content (AvgIpc) is 3.14. The van der Waals surface area contributed by atoms with Crippen LogP contribution in [0.15, 0.2) is 36.7 Å². The summed E-state index contributed by atoms with van der Waals surface area (Å²) in [6.07, 6.45) is 7.50. The molecule has 1 aliphatic carbocycles. The number of benzene rings is 1. The van der Waals surface area contributed by atoms with Gasteiger partial charge in [-0.1, -0.05) is 31.2 Å². The fourth-order valence-corrected chi connectivity index (χ4v) is 3.46. The first-order valence-electron chi connectivity index (χ1n) is 8.14. The van der Waals surface area contributed by atoms with E-state index < -0.39 is 0 Å². The fourth-order valence-electron chi connectivity index (χ4n) is 3.46. The molecule has 3 rings (SSSR count). The Morgan fingerprint density at radius 1 is 1.24 bits per heavy atom. The minimum atomic E-state index is 0.354. The van der Waals surface area contributed by atoms with Gasteiger partial charge < -0.3 is 9.88 Å². The van der Waals surface area contributed by atoms with Gasteiger partial charge in [-0.15, -0.1) is 0 Å². The Labute approximate surface area is 127 Å². The van der Waals surface area contributed by atoms with Crippen molar-refractivity contribution >= 4 is 0 Å². The number of fused-ring (bicyclic) bond motifs is 1. The summed E-state index contributed by atoms with van der Waals surface area (Å²) < 4.78 is 2.27. The molecule has 0 radical (unpaired) electrons. The lowest BCUT2D eigenvalue weighted by Crippen LogP contribution is -2.32. The molecule has 0 aliphatic heterocycles. The van der Waals surface area contributed by atoms with Crippen LogP contribution >= 0.6 is 0 Å². The van der Waals surface area contributed by atoms with Gasteiger partial charge in [0.15, 0.2) is 0 Å². The summed E-state index contributed by atoms with van der Waals surface area (Å²) in [5.74, 6) is 1.81. The third-order valence-corrected chi connectivity index (χ3v) is 4.53. The van der Waals surface area contributed by atoms with Crippen molar-refractivity contribution in [3.63, 3.8) is 0 Å². The molecule has 1 heterocycles. The predicted octanol–water partition coefficient (Wildman–Crippen LogP) is 3.36. The summed E-state index contributed by atoms with van der Waals surface area (Å²) in [6.45, 7) is 6.44. The largest absolute Gasteiger partial charge is 0.334 e. The van der Waals surface area contributed by atoms with Crippen LogP contribution in [-0.4, -0.2) is 16.1 Å². The molecule has 2 aromatic rings. The van der Waals surface area contributed by atoms with E-state index in [-0.39, 0.29) is 0 Å². The molecule has 1 atom stereocenters. The van der Waals surface area contributed by atoms with Crippen molar-refractivity contribution in [2.75, 3.05) is 6.54 Å². The Hall–Kier alpha value is -1.61. The molecule has 21 heavy (non-hydrogen) atoms. The summed E-state index contributed by atoms with van der Waals surface area (Å²) in [5, 5.41) is 3.74. The lowest BCUT2D eigenvalue weighted by Gasteiger charge is -2.25. The number of aromatic nitrogens is 2. The van der Waals surface area contributed by atoms with Gasteiger partial charge in [-0.25, -0.2) is 4.98 Å². The van der Waals surface area contributed by atoms with E-state index in [9.17, 15) is 0 Å². The second kappa shape index (κ2) is 6.44. The first-order valence-corrected chi connectivity index (χ1v) is 8.14. The molecule has 1 N–H and O–H groups in total. The maximum absolute atomic E-state index is 4.65. The van der Waals surface area contributed by atoms with Gasteiger partial charge in [0.2, 0.25) is 0 Å². The molecule has 0 saturated heterocycles. The lowest BCUT2D eigenvalue weighted by atomic mass is 9.95. The van der Waals surface area contributed by atoms with E-state index in [2.05, 4.69) is 59.2 Å². The monoisotopic (exact) mass is 283 g/mol. The number of nitrogens with zero attached hydrogens (tertiary/aromatic N) is 2. The highest BCUT2D eigenvalue weighted by atomic mass is 15.1. The minimum absolute atomic E-state index is 0.354. The van der Waals surface area contributed by atoms with Crippen LogP contribution in [0.3, 0.4) is 0 Å². The van der Waals surface area contributed by atoms with Crippen molar-refractivity contribution in [3.8, 4) is 0 Å². The van der Waals surface area contributed by atoms with Crippen LogP contribution in [0.4, 0.5) is 0 Å². The summed E-state index contributed by atoms with van der Waals surface area (Å²) >= 11 is 0. The first-order chi connectivity index (χ1) is 10.3. The van der Waals surface area contributed by atoms with Gasteiger partial charge in [-0.2, -0.15) is 0 Å². The van der Waals surface area contributed by atoms with Crippen LogP contribution < -0.4 is 5.32 Å².